The topological polar surface area (TPSA) is 145 Å². The van der Waals surface area contributed by atoms with Gasteiger partial charge in [-0.15, -0.1) is 0 Å². The first-order valence-electron chi connectivity index (χ1n) is 4.66. The number of aromatic carboxylic acids is 1. The van der Waals surface area contributed by atoms with Crippen LogP contribution in [0.2, 0.25) is 0 Å². The van der Waals surface area contributed by atoms with Crippen molar-refractivity contribution in [1.29, 1.82) is 0 Å². The van der Waals surface area contributed by atoms with Gasteiger partial charge in [0.2, 0.25) is 10.0 Å². The molecule has 96 valence electrons. The Balaban J connectivity index is 2.87. The molecule has 0 aromatic carbocycles. The first kappa shape index (κ1) is 13.9. The van der Waals surface area contributed by atoms with Gasteiger partial charge in [0.25, 0.3) is 0 Å². The molecule has 1 aromatic rings. The molecule has 0 saturated heterocycles. The number of aromatic nitrogens is 1. The van der Waals surface area contributed by atoms with Gasteiger partial charge in [0.15, 0.2) is 0 Å². The molecule has 9 nitrogen and oxygen atoms in total. The third-order valence-electron chi connectivity index (χ3n) is 1.84. The molecule has 2 N–H and O–H groups in total. The Labute approximate surface area is 102 Å². The highest BCUT2D eigenvalue weighted by Gasteiger charge is 2.15. The Hall–Kier alpha value is -2.16. The lowest BCUT2D eigenvalue weighted by molar-refractivity contribution is 0.0696. The molecule has 0 atom stereocenters. The van der Waals surface area contributed by atoms with Gasteiger partial charge in [-0.25, -0.2) is 17.9 Å². The molecular formula is C8H9N5O4S. The summed E-state index contributed by atoms with van der Waals surface area (Å²) in [5, 5.41) is 11.9. The molecule has 0 aliphatic carbocycles. The number of sulfonamides is 1. The summed E-state index contributed by atoms with van der Waals surface area (Å²) in [6, 6.07) is 0.991. The fourth-order valence-corrected chi connectivity index (χ4v) is 2.05. The minimum Gasteiger partial charge on any atom is -0.478 e. The van der Waals surface area contributed by atoms with Crippen molar-refractivity contribution in [3.63, 3.8) is 0 Å². The molecule has 0 saturated carbocycles. The van der Waals surface area contributed by atoms with Crippen LogP contribution in [-0.4, -0.2) is 37.6 Å². The van der Waals surface area contributed by atoms with Crippen molar-refractivity contribution in [2.75, 3.05) is 13.1 Å². The molecule has 0 aliphatic rings. The average Bonchev–Trinajstić information content (AvgIpc) is 2.35. The number of carbonyl (C=O) groups is 1. The lowest BCUT2D eigenvalue weighted by Crippen LogP contribution is -2.26. The molecule has 0 unspecified atom stereocenters. The second-order valence-electron chi connectivity index (χ2n) is 3.07. The molecule has 0 amide bonds. The number of rotatable bonds is 6. The maximum atomic E-state index is 11.7. The zero-order chi connectivity index (χ0) is 13.6. The molecule has 0 fully saturated rings. The SMILES string of the molecule is [N-]=[N+]=NCCNS(=O)(=O)c1cncc(C(=O)O)c1. The predicted octanol–water partition coefficient (Wildman–Crippen LogP) is 0.368. The monoisotopic (exact) mass is 271 g/mol. The minimum atomic E-state index is -3.86. The van der Waals surface area contributed by atoms with Gasteiger partial charge < -0.3 is 5.11 Å². The maximum absolute atomic E-state index is 11.7. The number of carboxylic acid groups (broad SMARTS) is 1. The van der Waals surface area contributed by atoms with E-state index in [2.05, 4.69) is 19.7 Å². The zero-order valence-electron chi connectivity index (χ0n) is 9.02. The largest absolute Gasteiger partial charge is 0.478 e. The van der Waals surface area contributed by atoms with Crippen molar-refractivity contribution in [3.05, 3.63) is 34.5 Å². The number of nitrogens with zero attached hydrogens (tertiary/aromatic N) is 4. The van der Waals surface area contributed by atoms with Crippen molar-refractivity contribution in [2.24, 2.45) is 5.11 Å². The van der Waals surface area contributed by atoms with E-state index in [0.717, 1.165) is 18.5 Å². The molecular weight excluding hydrogens is 262 g/mol. The van der Waals surface area contributed by atoms with Crippen LogP contribution in [-0.2, 0) is 10.0 Å². The standard InChI is InChI=1S/C8H9N5O4S/c9-13-11-1-2-12-18(16,17)7-3-6(8(14)15)4-10-5-7/h3-5,12H,1-2H2,(H,14,15). The van der Waals surface area contributed by atoms with Gasteiger partial charge in [-0.05, 0) is 11.6 Å². The highest BCUT2D eigenvalue weighted by molar-refractivity contribution is 7.89. The summed E-state index contributed by atoms with van der Waals surface area (Å²) in [7, 11) is -3.86. The van der Waals surface area contributed by atoms with Crippen LogP contribution in [0.4, 0.5) is 0 Å². The first-order valence-corrected chi connectivity index (χ1v) is 6.14. The lowest BCUT2D eigenvalue weighted by atomic mass is 10.3. The van der Waals surface area contributed by atoms with Crippen LogP contribution >= 0.6 is 0 Å². The molecule has 1 aromatic heterocycles. The molecule has 18 heavy (non-hydrogen) atoms. The molecule has 10 heteroatoms. The summed E-state index contributed by atoms with van der Waals surface area (Å²) in [5.41, 5.74) is 7.79. The van der Waals surface area contributed by atoms with Crippen molar-refractivity contribution in [3.8, 4) is 0 Å². The van der Waals surface area contributed by atoms with Gasteiger partial charge in [-0.2, -0.15) is 0 Å². The predicted molar refractivity (Wildman–Crippen MR) is 60.4 cm³/mol. The summed E-state index contributed by atoms with van der Waals surface area (Å²) in [6.45, 7) is -0.120. The summed E-state index contributed by atoms with van der Waals surface area (Å²) in [4.78, 5) is 16.4. The fourth-order valence-electron chi connectivity index (χ4n) is 1.04. The van der Waals surface area contributed by atoms with E-state index < -0.39 is 16.0 Å². The second kappa shape index (κ2) is 5.96. The zero-order valence-corrected chi connectivity index (χ0v) is 9.83. The molecule has 0 radical (unpaired) electrons. The summed E-state index contributed by atoms with van der Waals surface area (Å²) in [6.07, 6.45) is 2.07. The number of pyridine rings is 1. The maximum Gasteiger partial charge on any atom is 0.337 e. The number of carboxylic acids is 1. The van der Waals surface area contributed by atoms with Crippen LogP contribution in [0.15, 0.2) is 28.5 Å². The van der Waals surface area contributed by atoms with E-state index in [1.165, 1.54) is 0 Å². The molecule has 1 heterocycles. The number of nitrogens with one attached hydrogen (secondary N) is 1. The van der Waals surface area contributed by atoms with Crippen molar-refractivity contribution < 1.29 is 18.3 Å². The quantitative estimate of drug-likeness (QED) is 0.332. The molecule has 1 rings (SSSR count). The third kappa shape index (κ3) is 3.70. The van der Waals surface area contributed by atoms with E-state index in [9.17, 15) is 13.2 Å². The van der Waals surface area contributed by atoms with Gasteiger partial charge >= 0.3 is 5.97 Å². The molecule has 0 bridgehead atoms. The lowest BCUT2D eigenvalue weighted by Gasteiger charge is -2.05. The number of hydrogen-bond acceptors (Lipinski definition) is 5. The second-order valence-corrected chi connectivity index (χ2v) is 4.83. The van der Waals surface area contributed by atoms with E-state index in [-0.39, 0.29) is 23.5 Å². The van der Waals surface area contributed by atoms with E-state index in [0.29, 0.717) is 0 Å². The minimum absolute atomic E-state index is 0.0399. The Morgan fingerprint density at radius 2 is 2.28 bits per heavy atom. The van der Waals surface area contributed by atoms with E-state index in [1.807, 2.05) is 0 Å². The van der Waals surface area contributed by atoms with Crippen LogP contribution in [0.1, 0.15) is 10.4 Å². The van der Waals surface area contributed by atoms with E-state index in [1.54, 1.807) is 0 Å². The van der Waals surface area contributed by atoms with Gasteiger partial charge in [-0.3, -0.25) is 4.98 Å². The van der Waals surface area contributed by atoms with Crippen molar-refractivity contribution >= 4 is 16.0 Å². The van der Waals surface area contributed by atoms with Crippen LogP contribution in [0.3, 0.4) is 0 Å². The van der Waals surface area contributed by atoms with E-state index in [4.69, 9.17) is 10.6 Å². The third-order valence-corrected chi connectivity index (χ3v) is 3.27. The Bertz CT molecular complexity index is 593. The van der Waals surface area contributed by atoms with Crippen LogP contribution in [0.25, 0.3) is 10.4 Å². The average molecular weight is 271 g/mol. The summed E-state index contributed by atoms with van der Waals surface area (Å²) >= 11 is 0. The molecule has 0 spiro atoms. The molecule has 0 aliphatic heterocycles. The Morgan fingerprint density at radius 1 is 1.56 bits per heavy atom. The number of azide groups is 1. The summed E-state index contributed by atoms with van der Waals surface area (Å²) < 4.78 is 25.5. The van der Waals surface area contributed by atoms with Gasteiger partial charge in [0.1, 0.15) is 4.90 Å². The fraction of sp³-hybridized carbons (Fsp3) is 0.250. The Kier molecular flexibility index (Phi) is 4.60. The van der Waals surface area contributed by atoms with Gasteiger partial charge in [0.05, 0.1) is 5.56 Å². The highest BCUT2D eigenvalue weighted by Crippen LogP contribution is 2.09. The van der Waals surface area contributed by atoms with E-state index >= 15 is 0 Å². The van der Waals surface area contributed by atoms with Crippen LogP contribution in [0.5, 0.6) is 0 Å². The van der Waals surface area contributed by atoms with Gasteiger partial charge in [-0.1, -0.05) is 5.11 Å². The highest BCUT2D eigenvalue weighted by atomic mass is 32.2. The normalized spacial score (nSPS) is 10.7. The smallest absolute Gasteiger partial charge is 0.337 e. The van der Waals surface area contributed by atoms with Crippen LogP contribution in [0, 0.1) is 0 Å². The van der Waals surface area contributed by atoms with Crippen molar-refractivity contribution in [1.82, 2.24) is 9.71 Å². The Morgan fingerprint density at radius 3 is 2.89 bits per heavy atom. The van der Waals surface area contributed by atoms with Crippen LogP contribution < -0.4 is 4.72 Å². The van der Waals surface area contributed by atoms with Gasteiger partial charge in [0, 0.05) is 30.4 Å². The summed E-state index contributed by atoms with van der Waals surface area (Å²) in [5.74, 6) is -1.27. The first-order chi connectivity index (χ1) is 8.47. The van der Waals surface area contributed by atoms with Crippen molar-refractivity contribution in [2.45, 2.75) is 4.90 Å². The number of hydrogen-bond donors (Lipinski definition) is 2.